The fourth-order valence-corrected chi connectivity index (χ4v) is 2.28. The molecule has 0 fully saturated rings. The van der Waals surface area contributed by atoms with Crippen LogP contribution in [0.2, 0.25) is 0 Å². The number of rotatable bonds is 8. The molecule has 1 unspecified atom stereocenters. The van der Waals surface area contributed by atoms with Gasteiger partial charge in [0.25, 0.3) is 0 Å². The number of hydrogen-bond acceptors (Lipinski definition) is 3. The molecule has 4 nitrogen and oxygen atoms in total. The van der Waals surface area contributed by atoms with Crippen LogP contribution in [0.25, 0.3) is 0 Å². The van der Waals surface area contributed by atoms with E-state index < -0.39 is 5.97 Å². The standard InChI is InChI=1S/C13H19NO3S/c1-10(2-3-13(16)17)4-6-14-12(15)8-11-5-7-18-9-11/h5,7,9-10H,2-4,6,8H2,1H3,(H,14,15)(H,16,17). The van der Waals surface area contributed by atoms with Gasteiger partial charge >= 0.3 is 5.97 Å². The Hall–Kier alpha value is -1.36. The Morgan fingerprint density at radius 2 is 2.22 bits per heavy atom. The van der Waals surface area contributed by atoms with Crippen LogP contribution < -0.4 is 5.32 Å². The average molecular weight is 269 g/mol. The molecule has 5 heteroatoms. The summed E-state index contributed by atoms with van der Waals surface area (Å²) < 4.78 is 0. The lowest BCUT2D eigenvalue weighted by Crippen LogP contribution is -2.27. The Kier molecular flexibility index (Phi) is 6.43. The summed E-state index contributed by atoms with van der Waals surface area (Å²) in [4.78, 5) is 22.0. The first-order valence-corrected chi connectivity index (χ1v) is 7.01. The van der Waals surface area contributed by atoms with E-state index in [9.17, 15) is 9.59 Å². The quantitative estimate of drug-likeness (QED) is 0.761. The van der Waals surface area contributed by atoms with Gasteiger partial charge in [0.05, 0.1) is 6.42 Å². The van der Waals surface area contributed by atoms with Gasteiger partial charge in [-0.15, -0.1) is 0 Å². The van der Waals surface area contributed by atoms with Crippen LogP contribution in [0, 0.1) is 5.92 Å². The molecule has 0 aliphatic carbocycles. The summed E-state index contributed by atoms with van der Waals surface area (Å²) in [5, 5.41) is 15.3. The first kappa shape index (κ1) is 14.7. The molecule has 0 spiro atoms. The minimum Gasteiger partial charge on any atom is -0.481 e. The summed E-state index contributed by atoms with van der Waals surface area (Å²) in [6.07, 6.45) is 2.11. The molecule has 1 atom stereocenters. The van der Waals surface area contributed by atoms with E-state index in [-0.39, 0.29) is 12.3 Å². The molecule has 0 saturated heterocycles. The number of nitrogens with one attached hydrogen (secondary N) is 1. The number of carboxylic acid groups (broad SMARTS) is 1. The van der Waals surface area contributed by atoms with E-state index in [1.54, 1.807) is 11.3 Å². The predicted octanol–water partition coefficient (Wildman–Crippen LogP) is 2.30. The highest BCUT2D eigenvalue weighted by Crippen LogP contribution is 2.09. The fourth-order valence-electron chi connectivity index (χ4n) is 1.61. The lowest BCUT2D eigenvalue weighted by molar-refractivity contribution is -0.137. The lowest BCUT2D eigenvalue weighted by atomic mass is 10.0. The zero-order valence-electron chi connectivity index (χ0n) is 10.5. The first-order valence-electron chi connectivity index (χ1n) is 6.07. The van der Waals surface area contributed by atoms with Crippen molar-refractivity contribution in [1.29, 1.82) is 0 Å². The topological polar surface area (TPSA) is 66.4 Å². The highest BCUT2D eigenvalue weighted by molar-refractivity contribution is 7.07. The van der Waals surface area contributed by atoms with Crippen LogP contribution in [-0.4, -0.2) is 23.5 Å². The first-order chi connectivity index (χ1) is 8.58. The Morgan fingerprint density at radius 1 is 1.44 bits per heavy atom. The van der Waals surface area contributed by atoms with Crippen LogP contribution in [-0.2, 0) is 16.0 Å². The van der Waals surface area contributed by atoms with Gasteiger partial charge in [-0.1, -0.05) is 6.92 Å². The molecule has 1 amide bonds. The van der Waals surface area contributed by atoms with Crippen molar-refractivity contribution in [3.8, 4) is 0 Å². The highest BCUT2D eigenvalue weighted by atomic mass is 32.1. The molecule has 1 aromatic heterocycles. The number of thiophene rings is 1. The van der Waals surface area contributed by atoms with Gasteiger partial charge in [-0.2, -0.15) is 11.3 Å². The smallest absolute Gasteiger partial charge is 0.303 e. The largest absolute Gasteiger partial charge is 0.481 e. The van der Waals surface area contributed by atoms with Crippen LogP contribution >= 0.6 is 11.3 Å². The second-order valence-corrected chi connectivity index (χ2v) is 5.26. The van der Waals surface area contributed by atoms with Crippen molar-refractivity contribution in [3.05, 3.63) is 22.4 Å². The minimum atomic E-state index is -0.761. The van der Waals surface area contributed by atoms with Crippen LogP contribution in [0.4, 0.5) is 0 Å². The molecule has 2 N–H and O–H groups in total. The van der Waals surface area contributed by atoms with Crippen LogP contribution in [0.15, 0.2) is 16.8 Å². The van der Waals surface area contributed by atoms with E-state index in [2.05, 4.69) is 5.32 Å². The molecule has 1 rings (SSSR count). The Morgan fingerprint density at radius 3 is 2.83 bits per heavy atom. The summed E-state index contributed by atoms with van der Waals surface area (Å²) in [7, 11) is 0. The summed E-state index contributed by atoms with van der Waals surface area (Å²) in [5.74, 6) is -0.412. The minimum absolute atomic E-state index is 0.0267. The monoisotopic (exact) mass is 269 g/mol. The van der Waals surface area contributed by atoms with Crippen molar-refractivity contribution >= 4 is 23.2 Å². The van der Waals surface area contributed by atoms with Gasteiger partial charge in [0.1, 0.15) is 0 Å². The Balaban J connectivity index is 2.09. The van der Waals surface area contributed by atoms with Crippen molar-refractivity contribution in [2.45, 2.75) is 32.6 Å². The molecular weight excluding hydrogens is 250 g/mol. The molecule has 0 aromatic carbocycles. The number of carbonyl (C=O) groups excluding carboxylic acids is 1. The van der Waals surface area contributed by atoms with Gasteiger partial charge in [0.2, 0.25) is 5.91 Å². The fraction of sp³-hybridized carbons (Fsp3) is 0.538. The van der Waals surface area contributed by atoms with Gasteiger partial charge in [-0.3, -0.25) is 9.59 Å². The molecule has 0 aliphatic rings. The van der Waals surface area contributed by atoms with Gasteiger partial charge in [-0.05, 0) is 41.1 Å². The number of amides is 1. The van der Waals surface area contributed by atoms with Gasteiger partial charge in [-0.25, -0.2) is 0 Å². The molecule has 100 valence electrons. The number of aliphatic carboxylic acids is 1. The van der Waals surface area contributed by atoms with Gasteiger partial charge in [0.15, 0.2) is 0 Å². The zero-order chi connectivity index (χ0) is 13.4. The predicted molar refractivity (Wildman–Crippen MR) is 71.7 cm³/mol. The summed E-state index contributed by atoms with van der Waals surface area (Å²) in [6, 6.07) is 1.94. The van der Waals surface area contributed by atoms with Crippen molar-refractivity contribution in [2.75, 3.05) is 6.54 Å². The van der Waals surface area contributed by atoms with Crippen molar-refractivity contribution < 1.29 is 14.7 Å². The maximum Gasteiger partial charge on any atom is 0.303 e. The molecule has 0 radical (unpaired) electrons. The van der Waals surface area contributed by atoms with Crippen LogP contribution in [0.5, 0.6) is 0 Å². The number of hydrogen-bond donors (Lipinski definition) is 2. The molecule has 18 heavy (non-hydrogen) atoms. The number of carbonyl (C=O) groups is 2. The van der Waals surface area contributed by atoms with Crippen molar-refractivity contribution in [2.24, 2.45) is 5.92 Å². The van der Waals surface area contributed by atoms with Crippen molar-refractivity contribution in [1.82, 2.24) is 5.32 Å². The lowest BCUT2D eigenvalue weighted by Gasteiger charge is -2.10. The maximum atomic E-state index is 11.6. The summed E-state index contributed by atoms with van der Waals surface area (Å²) in [5.41, 5.74) is 1.04. The zero-order valence-corrected chi connectivity index (χ0v) is 11.3. The third-order valence-electron chi connectivity index (χ3n) is 2.76. The number of carboxylic acids is 1. The molecular formula is C13H19NO3S. The molecule has 0 aliphatic heterocycles. The summed E-state index contributed by atoms with van der Waals surface area (Å²) >= 11 is 1.58. The van der Waals surface area contributed by atoms with E-state index in [0.29, 0.717) is 25.3 Å². The maximum absolute atomic E-state index is 11.6. The van der Waals surface area contributed by atoms with E-state index >= 15 is 0 Å². The van der Waals surface area contributed by atoms with Gasteiger partial charge in [0, 0.05) is 13.0 Å². The molecule has 0 saturated carbocycles. The third-order valence-corrected chi connectivity index (χ3v) is 3.49. The van der Waals surface area contributed by atoms with Crippen molar-refractivity contribution in [3.63, 3.8) is 0 Å². The molecule has 1 heterocycles. The second-order valence-electron chi connectivity index (χ2n) is 4.48. The van der Waals surface area contributed by atoms with E-state index in [1.807, 2.05) is 23.8 Å². The van der Waals surface area contributed by atoms with Crippen LogP contribution in [0.1, 0.15) is 31.7 Å². The Labute approximate surface area is 111 Å². The SMILES string of the molecule is CC(CCNC(=O)Cc1ccsc1)CCC(=O)O. The Bertz CT molecular complexity index is 376. The van der Waals surface area contributed by atoms with E-state index in [1.165, 1.54) is 0 Å². The molecule has 0 bridgehead atoms. The van der Waals surface area contributed by atoms with E-state index in [0.717, 1.165) is 12.0 Å². The van der Waals surface area contributed by atoms with E-state index in [4.69, 9.17) is 5.11 Å². The normalized spacial score (nSPS) is 12.1. The molecule has 1 aromatic rings. The van der Waals surface area contributed by atoms with Gasteiger partial charge < -0.3 is 10.4 Å². The van der Waals surface area contributed by atoms with Crippen LogP contribution in [0.3, 0.4) is 0 Å². The summed E-state index contributed by atoms with van der Waals surface area (Å²) in [6.45, 7) is 2.62. The second kappa shape index (κ2) is 7.87. The third kappa shape index (κ3) is 6.39. The average Bonchev–Trinajstić information content (AvgIpc) is 2.79. The highest BCUT2D eigenvalue weighted by Gasteiger charge is 2.07.